The van der Waals surface area contributed by atoms with Gasteiger partial charge < -0.3 is 15.0 Å². The first-order valence-corrected chi connectivity index (χ1v) is 7.33. The third kappa shape index (κ3) is 3.36. The van der Waals surface area contributed by atoms with E-state index in [0.717, 1.165) is 24.5 Å². The van der Waals surface area contributed by atoms with Crippen LogP contribution in [0.4, 0.5) is 17.5 Å². The second kappa shape index (κ2) is 6.18. The Balaban J connectivity index is 1.80. The molecule has 1 aliphatic rings. The summed E-state index contributed by atoms with van der Waals surface area (Å²) in [6.45, 7) is 1.98. The highest BCUT2D eigenvalue weighted by molar-refractivity contribution is 6.29. The summed E-state index contributed by atoms with van der Waals surface area (Å²) in [5.74, 6) is 2.21. The van der Waals surface area contributed by atoms with E-state index in [1.807, 2.05) is 24.3 Å². The van der Waals surface area contributed by atoms with Crippen molar-refractivity contribution in [1.29, 1.82) is 0 Å². The molecular formula is C15H17ClN4O. The SMILES string of the molecule is COc1ccc(Nc2cc(Cl)nc(N3CCCC3)n2)cc1. The number of anilines is 3. The third-order valence-electron chi connectivity index (χ3n) is 3.43. The Labute approximate surface area is 128 Å². The number of methoxy groups -OCH3 is 1. The molecule has 0 saturated carbocycles. The fraction of sp³-hybridized carbons (Fsp3) is 0.333. The molecule has 3 rings (SSSR count). The molecule has 2 heterocycles. The second-order valence-electron chi connectivity index (χ2n) is 4.92. The first-order chi connectivity index (χ1) is 10.2. The van der Waals surface area contributed by atoms with E-state index in [2.05, 4.69) is 20.2 Å². The summed E-state index contributed by atoms with van der Waals surface area (Å²) >= 11 is 6.10. The van der Waals surface area contributed by atoms with E-state index in [-0.39, 0.29) is 0 Å². The molecule has 0 aliphatic carbocycles. The summed E-state index contributed by atoms with van der Waals surface area (Å²) in [7, 11) is 1.65. The summed E-state index contributed by atoms with van der Waals surface area (Å²) in [5.41, 5.74) is 0.929. The zero-order valence-corrected chi connectivity index (χ0v) is 12.6. The molecular weight excluding hydrogens is 288 g/mol. The summed E-state index contributed by atoms with van der Waals surface area (Å²) in [6.07, 6.45) is 2.36. The lowest BCUT2D eigenvalue weighted by Crippen LogP contribution is -2.20. The van der Waals surface area contributed by atoms with Crippen LogP contribution >= 0.6 is 11.6 Å². The van der Waals surface area contributed by atoms with Gasteiger partial charge in [-0.25, -0.2) is 4.98 Å². The topological polar surface area (TPSA) is 50.3 Å². The van der Waals surface area contributed by atoms with Crippen molar-refractivity contribution in [3.05, 3.63) is 35.5 Å². The minimum atomic E-state index is 0.447. The Kier molecular flexibility index (Phi) is 4.10. The minimum Gasteiger partial charge on any atom is -0.497 e. The normalized spacial score (nSPS) is 14.3. The zero-order chi connectivity index (χ0) is 14.7. The van der Waals surface area contributed by atoms with Gasteiger partial charge in [0.25, 0.3) is 0 Å². The van der Waals surface area contributed by atoms with E-state index < -0.39 is 0 Å². The number of rotatable bonds is 4. The molecule has 1 aromatic carbocycles. The van der Waals surface area contributed by atoms with Crippen molar-refractivity contribution in [2.75, 3.05) is 30.4 Å². The predicted octanol–water partition coefficient (Wildman–Crippen LogP) is 3.48. The molecule has 1 aromatic heterocycles. The van der Waals surface area contributed by atoms with Crippen LogP contribution in [0.1, 0.15) is 12.8 Å². The highest BCUT2D eigenvalue weighted by Crippen LogP contribution is 2.24. The van der Waals surface area contributed by atoms with Crippen LogP contribution in [0.25, 0.3) is 0 Å². The molecule has 6 heteroatoms. The molecule has 5 nitrogen and oxygen atoms in total. The monoisotopic (exact) mass is 304 g/mol. The van der Waals surface area contributed by atoms with Gasteiger partial charge >= 0.3 is 0 Å². The molecule has 0 amide bonds. The number of hydrogen-bond donors (Lipinski definition) is 1. The quantitative estimate of drug-likeness (QED) is 0.876. The average molecular weight is 305 g/mol. The maximum atomic E-state index is 6.10. The van der Waals surface area contributed by atoms with Gasteiger partial charge in [-0.1, -0.05) is 11.6 Å². The van der Waals surface area contributed by atoms with E-state index in [9.17, 15) is 0 Å². The van der Waals surface area contributed by atoms with Crippen LogP contribution in [0.3, 0.4) is 0 Å². The molecule has 0 unspecified atom stereocenters. The molecule has 1 saturated heterocycles. The number of aromatic nitrogens is 2. The van der Waals surface area contributed by atoms with Crippen LogP contribution in [0.2, 0.25) is 5.15 Å². The average Bonchev–Trinajstić information content (AvgIpc) is 3.02. The van der Waals surface area contributed by atoms with Crippen molar-refractivity contribution in [3.8, 4) is 5.75 Å². The van der Waals surface area contributed by atoms with Gasteiger partial charge in [-0.05, 0) is 37.1 Å². The maximum Gasteiger partial charge on any atom is 0.228 e. The third-order valence-corrected chi connectivity index (χ3v) is 3.63. The fourth-order valence-electron chi connectivity index (χ4n) is 2.35. The van der Waals surface area contributed by atoms with Gasteiger partial charge in [-0.3, -0.25) is 0 Å². The Morgan fingerprint density at radius 3 is 2.52 bits per heavy atom. The van der Waals surface area contributed by atoms with Gasteiger partial charge in [0, 0.05) is 24.8 Å². The molecule has 0 atom stereocenters. The molecule has 1 N–H and O–H groups in total. The highest BCUT2D eigenvalue weighted by Gasteiger charge is 2.16. The van der Waals surface area contributed by atoms with Gasteiger partial charge in [-0.2, -0.15) is 4.98 Å². The van der Waals surface area contributed by atoms with Gasteiger partial charge in [0.05, 0.1) is 7.11 Å². The second-order valence-corrected chi connectivity index (χ2v) is 5.31. The summed E-state index contributed by atoms with van der Waals surface area (Å²) < 4.78 is 5.14. The van der Waals surface area contributed by atoms with E-state index in [4.69, 9.17) is 16.3 Å². The summed E-state index contributed by atoms with van der Waals surface area (Å²) in [4.78, 5) is 11.0. The Morgan fingerprint density at radius 1 is 1.14 bits per heavy atom. The van der Waals surface area contributed by atoms with Crippen LogP contribution in [0.15, 0.2) is 30.3 Å². The largest absolute Gasteiger partial charge is 0.497 e. The molecule has 0 bridgehead atoms. The number of nitrogens with zero attached hydrogens (tertiary/aromatic N) is 3. The Morgan fingerprint density at radius 2 is 1.86 bits per heavy atom. The fourth-order valence-corrected chi connectivity index (χ4v) is 2.53. The van der Waals surface area contributed by atoms with Crippen molar-refractivity contribution >= 4 is 29.1 Å². The molecule has 1 aliphatic heterocycles. The van der Waals surface area contributed by atoms with E-state index in [0.29, 0.717) is 16.9 Å². The van der Waals surface area contributed by atoms with Crippen LogP contribution < -0.4 is 15.0 Å². The molecule has 21 heavy (non-hydrogen) atoms. The summed E-state index contributed by atoms with van der Waals surface area (Å²) in [6, 6.07) is 9.39. The van der Waals surface area contributed by atoms with Crippen LogP contribution in [0.5, 0.6) is 5.75 Å². The first kappa shape index (κ1) is 13.9. The van der Waals surface area contributed by atoms with Crippen LogP contribution in [-0.4, -0.2) is 30.2 Å². The van der Waals surface area contributed by atoms with Gasteiger partial charge in [-0.15, -0.1) is 0 Å². The number of hydrogen-bond acceptors (Lipinski definition) is 5. The predicted molar refractivity (Wildman–Crippen MR) is 84.8 cm³/mol. The van der Waals surface area contributed by atoms with Gasteiger partial charge in [0.1, 0.15) is 16.7 Å². The highest BCUT2D eigenvalue weighted by atomic mass is 35.5. The molecule has 110 valence electrons. The van der Waals surface area contributed by atoms with E-state index >= 15 is 0 Å². The standard InChI is InChI=1S/C15H17ClN4O/c1-21-12-6-4-11(5-7-12)17-14-10-13(16)18-15(19-14)20-8-2-3-9-20/h4-7,10H,2-3,8-9H2,1H3,(H,17,18,19). The molecule has 2 aromatic rings. The van der Waals surface area contributed by atoms with Gasteiger partial charge in [0.2, 0.25) is 5.95 Å². The van der Waals surface area contributed by atoms with Gasteiger partial charge in [0.15, 0.2) is 0 Å². The lowest BCUT2D eigenvalue weighted by Gasteiger charge is -2.16. The molecule has 0 radical (unpaired) electrons. The number of nitrogens with one attached hydrogen (secondary N) is 1. The Bertz CT molecular complexity index is 612. The van der Waals surface area contributed by atoms with Crippen molar-refractivity contribution < 1.29 is 4.74 Å². The van der Waals surface area contributed by atoms with Crippen molar-refractivity contribution in [3.63, 3.8) is 0 Å². The van der Waals surface area contributed by atoms with E-state index in [1.54, 1.807) is 13.2 Å². The van der Waals surface area contributed by atoms with Crippen molar-refractivity contribution in [1.82, 2.24) is 9.97 Å². The molecule has 0 spiro atoms. The lowest BCUT2D eigenvalue weighted by atomic mass is 10.3. The zero-order valence-electron chi connectivity index (χ0n) is 11.8. The van der Waals surface area contributed by atoms with Crippen molar-refractivity contribution in [2.45, 2.75) is 12.8 Å². The number of halogens is 1. The van der Waals surface area contributed by atoms with Crippen molar-refractivity contribution in [2.24, 2.45) is 0 Å². The smallest absolute Gasteiger partial charge is 0.228 e. The summed E-state index contributed by atoms with van der Waals surface area (Å²) in [5, 5.41) is 3.69. The Hall–Kier alpha value is -2.01. The van der Waals surface area contributed by atoms with Crippen LogP contribution in [0, 0.1) is 0 Å². The van der Waals surface area contributed by atoms with Crippen LogP contribution in [-0.2, 0) is 0 Å². The number of benzene rings is 1. The minimum absolute atomic E-state index is 0.447. The molecule has 1 fully saturated rings. The first-order valence-electron chi connectivity index (χ1n) is 6.95. The lowest BCUT2D eigenvalue weighted by molar-refractivity contribution is 0.415. The van der Waals surface area contributed by atoms with E-state index in [1.165, 1.54) is 12.8 Å². The number of ether oxygens (including phenoxy) is 1. The maximum absolute atomic E-state index is 6.10.